The van der Waals surface area contributed by atoms with Crippen LogP contribution in [-0.4, -0.2) is 49.0 Å². The fourth-order valence-corrected chi connectivity index (χ4v) is 3.90. The van der Waals surface area contributed by atoms with E-state index >= 15 is 0 Å². The lowest BCUT2D eigenvalue weighted by molar-refractivity contribution is 0.102. The van der Waals surface area contributed by atoms with Gasteiger partial charge in [0.05, 0.1) is 5.69 Å². The Kier molecular flexibility index (Phi) is 5.52. The van der Waals surface area contributed by atoms with Crippen LogP contribution in [0.5, 0.6) is 0 Å². The average Bonchev–Trinajstić information content (AvgIpc) is 3.04. The molecule has 1 aromatic carbocycles. The van der Waals surface area contributed by atoms with Crippen LogP contribution in [0.1, 0.15) is 35.1 Å². The third kappa shape index (κ3) is 4.02. The number of halogens is 2. The molecule has 140 valence electrons. The maximum absolute atomic E-state index is 13.8. The highest BCUT2D eigenvalue weighted by molar-refractivity contribution is 7.16. The van der Waals surface area contributed by atoms with Crippen molar-refractivity contribution >= 4 is 28.1 Å². The molecule has 1 fully saturated rings. The minimum absolute atomic E-state index is 0.0553. The number of anilines is 2. The number of likely N-dealkylation sites (N-methyl/N-ethyl adjacent to an activating group) is 1. The van der Waals surface area contributed by atoms with Crippen LogP contribution < -0.4 is 10.2 Å². The number of nitrogens with zero attached hydrogens (tertiary/aromatic N) is 3. The van der Waals surface area contributed by atoms with Gasteiger partial charge in [0.25, 0.3) is 5.91 Å². The molecule has 0 unspecified atom stereocenters. The Balaban J connectivity index is 1.84. The van der Waals surface area contributed by atoms with Crippen molar-refractivity contribution in [1.29, 1.82) is 0 Å². The van der Waals surface area contributed by atoms with E-state index in [1.165, 1.54) is 17.4 Å². The summed E-state index contributed by atoms with van der Waals surface area (Å²) in [6.45, 7) is 7.59. The number of nitrogens with one attached hydrogen (secondary N) is 1. The van der Waals surface area contributed by atoms with Gasteiger partial charge >= 0.3 is 0 Å². The van der Waals surface area contributed by atoms with E-state index < -0.39 is 17.5 Å². The fraction of sp³-hybridized carbons (Fsp3) is 0.444. The number of aromatic nitrogens is 1. The molecule has 26 heavy (non-hydrogen) atoms. The molecule has 0 spiro atoms. The first-order valence-corrected chi connectivity index (χ1v) is 9.37. The summed E-state index contributed by atoms with van der Waals surface area (Å²) in [4.78, 5) is 22.5. The number of thiazole rings is 1. The largest absolute Gasteiger partial charge is 0.346 e. The van der Waals surface area contributed by atoms with E-state index in [4.69, 9.17) is 0 Å². The van der Waals surface area contributed by atoms with E-state index in [-0.39, 0.29) is 11.6 Å². The molecule has 1 aliphatic rings. The second-order valence-electron chi connectivity index (χ2n) is 6.73. The van der Waals surface area contributed by atoms with E-state index in [0.29, 0.717) is 5.69 Å². The molecular weight excluding hydrogens is 358 g/mol. The van der Waals surface area contributed by atoms with Gasteiger partial charge in [-0.2, -0.15) is 0 Å². The second-order valence-corrected chi connectivity index (χ2v) is 7.74. The average molecular weight is 380 g/mol. The summed E-state index contributed by atoms with van der Waals surface area (Å²) in [7, 11) is 2.08. The number of carbonyl (C=O) groups is 1. The van der Waals surface area contributed by atoms with Gasteiger partial charge in [0.1, 0.15) is 17.3 Å². The number of rotatable bonds is 4. The second kappa shape index (κ2) is 7.67. The molecule has 1 aromatic heterocycles. The Bertz CT molecular complexity index is 800. The van der Waals surface area contributed by atoms with Gasteiger partial charge in [0, 0.05) is 37.1 Å². The lowest BCUT2D eigenvalue weighted by Gasteiger charge is -2.32. The van der Waals surface area contributed by atoms with Crippen molar-refractivity contribution in [2.45, 2.75) is 19.8 Å². The Hall–Kier alpha value is -2.06. The summed E-state index contributed by atoms with van der Waals surface area (Å²) in [6.07, 6.45) is 0. The third-order valence-corrected chi connectivity index (χ3v) is 5.75. The molecule has 0 bridgehead atoms. The van der Waals surface area contributed by atoms with E-state index in [1.807, 2.05) is 13.8 Å². The summed E-state index contributed by atoms with van der Waals surface area (Å²) in [6, 6.07) is 3.07. The predicted octanol–water partition coefficient (Wildman–Crippen LogP) is 3.55. The summed E-state index contributed by atoms with van der Waals surface area (Å²) >= 11 is 1.50. The van der Waals surface area contributed by atoms with Gasteiger partial charge in [-0.3, -0.25) is 4.79 Å². The summed E-state index contributed by atoms with van der Waals surface area (Å²) < 4.78 is 26.9. The highest BCUT2D eigenvalue weighted by atomic mass is 32.1. The summed E-state index contributed by atoms with van der Waals surface area (Å²) in [5.41, 5.74) is 0.253. The first-order chi connectivity index (χ1) is 12.3. The third-order valence-electron chi connectivity index (χ3n) is 4.33. The molecular formula is C18H22F2N4OS. The Morgan fingerprint density at radius 1 is 1.23 bits per heavy atom. The number of benzene rings is 1. The van der Waals surface area contributed by atoms with Gasteiger partial charge in [0.15, 0.2) is 5.13 Å². The van der Waals surface area contributed by atoms with Gasteiger partial charge < -0.3 is 15.1 Å². The molecule has 8 heteroatoms. The molecule has 3 rings (SSSR count). The maximum Gasteiger partial charge on any atom is 0.275 e. The minimum Gasteiger partial charge on any atom is -0.346 e. The molecule has 5 nitrogen and oxygen atoms in total. The molecule has 2 heterocycles. The predicted molar refractivity (Wildman–Crippen MR) is 100 cm³/mol. The van der Waals surface area contributed by atoms with Crippen LogP contribution in [0.2, 0.25) is 0 Å². The van der Waals surface area contributed by atoms with Crippen LogP contribution in [0.15, 0.2) is 18.2 Å². The Morgan fingerprint density at radius 2 is 1.92 bits per heavy atom. The molecule has 1 N–H and O–H groups in total. The SMILES string of the molecule is CC(C)c1sc(N2CCN(C)CC2)nc1C(=O)Nc1ccc(F)cc1F. The van der Waals surface area contributed by atoms with E-state index in [1.54, 1.807) is 0 Å². The molecule has 0 aliphatic carbocycles. The molecule has 0 saturated carbocycles. The topological polar surface area (TPSA) is 48.5 Å². The van der Waals surface area contributed by atoms with E-state index in [9.17, 15) is 13.6 Å². The van der Waals surface area contributed by atoms with E-state index in [2.05, 4.69) is 27.1 Å². The Labute approximate surface area is 155 Å². The highest BCUT2D eigenvalue weighted by Gasteiger charge is 2.25. The lowest BCUT2D eigenvalue weighted by atomic mass is 10.1. The standard InChI is InChI=1S/C18H22F2N4OS/c1-11(2)16-15(17(25)21-14-5-4-12(19)10-13(14)20)22-18(26-16)24-8-6-23(3)7-9-24/h4-5,10-11H,6-9H2,1-3H3,(H,21,25). The van der Waals surface area contributed by atoms with Crippen molar-refractivity contribution in [3.05, 3.63) is 40.4 Å². The van der Waals surface area contributed by atoms with Crippen molar-refractivity contribution in [3.63, 3.8) is 0 Å². The molecule has 1 amide bonds. The summed E-state index contributed by atoms with van der Waals surface area (Å²) in [5, 5.41) is 3.32. The molecule has 1 aliphatic heterocycles. The van der Waals surface area contributed by atoms with Gasteiger partial charge in [-0.25, -0.2) is 13.8 Å². The van der Waals surface area contributed by atoms with Crippen molar-refractivity contribution in [1.82, 2.24) is 9.88 Å². The van der Waals surface area contributed by atoms with Crippen LogP contribution in [0.4, 0.5) is 19.6 Å². The van der Waals surface area contributed by atoms with Crippen molar-refractivity contribution in [2.24, 2.45) is 0 Å². The van der Waals surface area contributed by atoms with Crippen LogP contribution in [0.3, 0.4) is 0 Å². The quantitative estimate of drug-likeness (QED) is 0.881. The smallest absolute Gasteiger partial charge is 0.275 e. The number of piperazine rings is 1. The zero-order valence-electron chi connectivity index (χ0n) is 15.1. The molecule has 1 saturated heterocycles. The lowest BCUT2D eigenvalue weighted by Crippen LogP contribution is -2.44. The van der Waals surface area contributed by atoms with Crippen LogP contribution in [0, 0.1) is 11.6 Å². The van der Waals surface area contributed by atoms with Crippen molar-refractivity contribution in [3.8, 4) is 0 Å². The van der Waals surface area contributed by atoms with Crippen molar-refractivity contribution in [2.75, 3.05) is 43.4 Å². The van der Waals surface area contributed by atoms with Crippen molar-refractivity contribution < 1.29 is 13.6 Å². The normalized spacial score (nSPS) is 15.5. The van der Waals surface area contributed by atoms with Crippen LogP contribution >= 0.6 is 11.3 Å². The molecule has 0 radical (unpaired) electrons. The number of amides is 1. The van der Waals surface area contributed by atoms with Crippen LogP contribution in [0.25, 0.3) is 0 Å². The first-order valence-electron chi connectivity index (χ1n) is 8.55. The number of carbonyl (C=O) groups excluding carboxylic acids is 1. The van der Waals surface area contributed by atoms with Gasteiger partial charge in [0.2, 0.25) is 0 Å². The minimum atomic E-state index is -0.807. The number of hydrogen-bond donors (Lipinski definition) is 1. The fourth-order valence-electron chi connectivity index (χ4n) is 2.78. The summed E-state index contributed by atoms with van der Waals surface area (Å²) in [5.74, 6) is -1.85. The van der Waals surface area contributed by atoms with Gasteiger partial charge in [-0.05, 0) is 25.1 Å². The molecule has 0 atom stereocenters. The zero-order valence-corrected chi connectivity index (χ0v) is 15.9. The monoisotopic (exact) mass is 380 g/mol. The Morgan fingerprint density at radius 3 is 2.54 bits per heavy atom. The zero-order chi connectivity index (χ0) is 18.8. The first kappa shape index (κ1) is 18.7. The van der Waals surface area contributed by atoms with Gasteiger partial charge in [-0.1, -0.05) is 13.8 Å². The van der Waals surface area contributed by atoms with Gasteiger partial charge in [-0.15, -0.1) is 11.3 Å². The number of hydrogen-bond acceptors (Lipinski definition) is 5. The molecule has 2 aromatic rings. The maximum atomic E-state index is 13.8. The van der Waals surface area contributed by atoms with Crippen LogP contribution in [-0.2, 0) is 0 Å². The highest BCUT2D eigenvalue weighted by Crippen LogP contribution is 2.33. The van der Waals surface area contributed by atoms with E-state index in [0.717, 1.165) is 48.3 Å².